The summed E-state index contributed by atoms with van der Waals surface area (Å²) in [6, 6.07) is 5.60. The summed E-state index contributed by atoms with van der Waals surface area (Å²) in [7, 11) is 0. The third-order valence-corrected chi connectivity index (χ3v) is 2.43. The number of amides is 1. The second kappa shape index (κ2) is 4.78. The molecule has 0 aliphatic rings. The molecule has 1 aromatic carbocycles. The summed E-state index contributed by atoms with van der Waals surface area (Å²) >= 11 is 0. The van der Waals surface area contributed by atoms with Gasteiger partial charge in [-0.25, -0.2) is 14.2 Å². The van der Waals surface area contributed by atoms with Gasteiger partial charge in [-0.05, 0) is 24.6 Å². The van der Waals surface area contributed by atoms with Crippen LogP contribution in [0, 0.1) is 5.82 Å². The first-order valence-electron chi connectivity index (χ1n) is 5.21. The molecular formula is C12H12FN3O. The van der Waals surface area contributed by atoms with Gasteiger partial charge in [-0.2, -0.15) is 0 Å². The molecular weight excluding hydrogens is 221 g/mol. The van der Waals surface area contributed by atoms with Gasteiger partial charge in [-0.15, -0.1) is 0 Å². The quantitative estimate of drug-likeness (QED) is 0.865. The number of hydrogen-bond acceptors (Lipinski definition) is 2. The van der Waals surface area contributed by atoms with Crippen molar-refractivity contribution in [2.45, 2.75) is 13.0 Å². The molecule has 1 atom stereocenters. The van der Waals surface area contributed by atoms with E-state index in [1.165, 1.54) is 29.2 Å². The number of halogens is 1. The van der Waals surface area contributed by atoms with Crippen LogP contribution < -0.4 is 5.32 Å². The Labute approximate surface area is 98.1 Å². The third kappa shape index (κ3) is 2.69. The summed E-state index contributed by atoms with van der Waals surface area (Å²) < 4.78 is 14.3. The van der Waals surface area contributed by atoms with Crippen molar-refractivity contribution in [3.8, 4) is 0 Å². The second-order valence-electron chi connectivity index (χ2n) is 3.70. The minimum absolute atomic E-state index is 0.263. The van der Waals surface area contributed by atoms with Crippen LogP contribution in [-0.4, -0.2) is 15.6 Å². The molecule has 88 valence electrons. The summed E-state index contributed by atoms with van der Waals surface area (Å²) in [5, 5.41) is 2.74. The summed E-state index contributed by atoms with van der Waals surface area (Å²) in [4.78, 5) is 15.5. The third-order valence-electron chi connectivity index (χ3n) is 2.43. The van der Waals surface area contributed by atoms with E-state index in [-0.39, 0.29) is 17.9 Å². The summed E-state index contributed by atoms with van der Waals surface area (Å²) in [5.41, 5.74) is 0.721. The number of aromatic nitrogens is 2. The van der Waals surface area contributed by atoms with Gasteiger partial charge in [-0.3, -0.25) is 4.57 Å². The van der Waals surface area contributed by atoms with Crippen LogP contribution in [0.15, 0.2) is 43.0 Å². The maximum Gasteiger partial charge on any atom is 0.327 e. The Morgan fingerprint density at radius 2 is 2.35 bits per heavy atom. The number of imidazole rings is 1. The normalized spacial score (nSPS) is 12.1. The van der Waals surface area contributed by atoms with Gasteiger partial charge in [0.05, 0.1) is 6.04 Å². The lowest BCUT2D eigenvalue weighted by Crippen LogP contribution is -2.30. The molecule has 1 aromatic heterocycles. The van der Waals surface area contributed by atoms with E-state index in [1.807, 2.05) is 0 Å². The Morgan fingerprint density at radius 3 is 3.00 bits per heavy atom. The van der Waals surface area contributed by atoms with Crippen molar-refractivity contribution in [1.29, 1.82) is 0 Å². The second-order valence-corrected chi connectivity index (χ2v) is 3.70. The zero-order chi connectivity index (χ0) is 12.3. The first-order valence-corrected chi connectivity index (χ1v) is 5.21. The molecule has 0 aliphatic heterocycles. The van der Waals surface area contributed by atoms with Crippen LogP contribution >= 0.6 is 0 Å². The average molecular weight is 233 g/mol. The van der Waals surface area contributed by atoms with Crippen molar-refractivity contribution in [1.82, 2.24) is 14.9 Å². The molecule has 1 N–H and O–H groups in total. The molecule has 0 unspecified atom stereocenters. The maximum absolute atomic E-state index is 13.0. The number of carbonyl (C=O) groups is 1. The van der Waals surface area contributed by atoms with E-state index < -0.39 is 0 Å². The fourth-order valence-electron chi connectivity index (χ4n) is 1.50. The van der Waals surface area contributed by atoms with Gasteiger partial charge in [0.15, 0.2) is 0 Å². The van der Waals surface area contributed by atoms with Crippen LogP contribution in [0.25, 0.3) is 0 Å². The number of rotatable bonds is 2. The van der Waals surface area contributed by atoms with E-state index in [4.69, 9.17) is 0 Å². The van der Waals surface area contributed by atoms with Crippen molar-refractivity contribution in [2.24, 2.45) is 0 Å². The van der Waals surface area contributed by atoms with Gasteiger partial charge in [0.2, 0.25) is 0 Å². The van der Waals surface area contributed by atoms with E-state index in [0.717, 1.165) is 5.56 Å². The largest absolute Gasteiger partial charge is 0.331 e. The number of benzene rings is 1. The van der Waals surface area contributed by atoms with Gasteiger partial charge in [0.25, 0.3) is 0 Å². The van der Waals surface area contributed by atoms with Crippen LogP contribution in [0.4, 0.5) is 9.18 Å². The minimum atomic E-state index is -0.314. The first-order chi connectivity index (χ1) is 8.16. The molecule has 1 heterocycles. The van der Waals surface area contributed by atoms with Crippen LogP contribution in [-0.2, 0) is 0 Å². The molecule has 0 saturated carbocycles. The molecule has 2 aromatic rings. The van der Waals surface area contributed by atoms with Crippen LogP contribution in [0.2, 0.25) is 0 Å². The van der Waals surface area contributed by atoms with E-state index >= 15 is 0 Å². The standard InChI is InChI=1S/C12H12FN3O/c1-9(10-3-2-4-11(13)7-10)15-12(17)16-6-5-14-8-16/h2-9H,1H3,(H,15,17)/t9-/m1/s1. The molecule has 0 spiro atoms. The van der Waals surface area contributed by atoms with Gasteiger partial charge in [-0.1, -0.05) is 12.1 Å². The highest BCUT2D eigenvalue weighted by atomic mass is 19.1. The van der Waals surface area contributed by atoms with Crippen LogP contribution in [0.5, 0.6) is 0 Å². The smallest absolute Gasteiger partial charge is 0.327 e. The monoisotopic (exact) mass is 233 g/mol. The molecule has 0 bridgehead atoms. The Morgan fingerprint density at radius 1 is 1.53 bits per heavy atom. The molecule has 0 aliphatic carbocycles. The lowest BCUT2D eigenvalue weighted by molar-refractivity contribution is 0.239. The Kier molecular flexibility index (Phi) is 3.18. The van der Waals surface area contributed by atoms with Crippen LogP contribution in [0.3, 0.4) is 0 Å². The van der Waals surface area contributed by atoms with E-state index in [1.54, 1.807) is 25.3 Å². The minimum Gasteiger partial charge on any atom is -0.331 e. The topological polar surface area (TPSA) is 46.9 Å². The maximum atomic E-state index is 13.0. The molecule has 0 saturated heterocycles. The first kappa shape index (κ1) is 11.3. The highest BCUT2D eigenvalue weighted by Crippen LogP contribution is 2.13. The lowest BCUT2D eigenvalue weighted by Gasteiger charge is -2.14. The fraction of sp³-hybridized carbons (Fsp3) is 0.167. The summed E-state index contributed by atoms with van der Waals surface area (Å²) in [6.07, 6.45) is 4.48. The molecule has 0 fully saturated rings. The van der Waals surface area contributed by atoms with E-state index in [2.05, 4.69) is 10.3 Å². The zero-order valence-electron chi connectivity index (χ0n) is 9.30. The predicted molar refractivity (Wildman–Crippen MR) is 61.0 cm³/mol. The molecule has 4 nitrogen and oxygen atoms in total. The fourth-order valence-corrected chi connectivity index (χ4v) is 1.50. The molecule has 17 heavy (non-hydrogen) atoms. The number of nitrogens with zero attached hydrogens (tertiary/aromatic N) is 2. The Bertz CT molecular complexity index is 510. The van der Waals surface area contributed by atoms with Crippen molar-refractivity contribution in [3.63, 3.8) is 0 Å². The molecule has 2 rings (SSSR count). The SMILES string of the molecule is C[C@@H](NC(=O)n1ccnc1)c1cccc(F)c1. The molecule has 5 heteroatoms. The van der Waals surface area contributed by atoms with Crippen molar-refractivity contribution < 1.29 is 9.18 Å². The Hall–Kier alpha value is -2.17. The van der Waals surface area contributed by atoms with Crippen LogP contribution in [0.1, 0.15) is 18.5 Å². The van der Waals surface area contributed by atoms with Gasteiger partial charge in [0, 0.05) is 12.4 Å². The number of nitrogens with one attached hydrogen (secondary N) is 1. The summed E-state index contributed by atoms with van der Waals surface area (Å²) in [6.45, 7) is 1.80. The van der Waals surface area contributed by atoms with Gasteiger partial charge < -0.3 is 5.32 Å². The van der Waals surface area contributed by atoms with Gasteiger partial charge in [0.1, 0.15) is 12.1 Å². The zero-order valence-corrected chi connectivity index (χ0v) is 9.30. The van der Waals surface area contributed by atoms with E-state index in [9.17, 15) is 9.18 Å². The predicted octanol–water partition coefficient (Wildman–Crippen LogP) is 2.34. The molecule has 0 radical (unpaired) electrons. The van der Waals surface area contributed by atoms with E-state index in [0.29, 0.717) is 0 Å². The highest BCUT2D eigenvalue weighted by molar-refractivity contribution is 5.76. The Balaban J connectivity index is 2.07. The number of carbonyl (C=O) groups excluding carboxylic acids is 1. The number of hydrogen-bond donors (Lipinski definition) is 1. The van der Waals surface area contributed by atoms with Crippen molar-refractivity contribution in [3.05, 3.63) is 54.4 Å². The highest BCUT2D eigenvalue weighted by Gasteiger charge is 2.10. The lowest BCUT2D eigenvalue weighted by atomic mass is 10.1. The van der Waals surface area contributed by atoms with Crippen molar-refractivity contribution >= 4 is 6.03 Å². The summed E-state index contributed by atoms with van der Waals surface area (Å²) in [5.74, 6) is -0.314. The van der Waals surface area contributed by atoms with Crippen molar-refractivity contribution in [2.75, 3.05) is 0 Å². The molecule has 1 amide bonds. The average Bonchev–Trinajstić information content (AvgIpc) is 2.82. The van der Waals surface area contributed by atoms with Gasteiger partial charge >= 0.3 is 6.03 Å².